The Balaban J connectivity index is 2.68. The van der Waals surface area contributed by atoms with E-state index in [0.29, 0.717) is 0 Å². The molecule has 0 aliphatic rings. The molecule has 3 nitrogen and oxygen atoms in total. The zero-order valence-electron chi connectivity index (χ0n) is 10.3. The van der Waals surface area contributed by atoms with Crippen molar-refractivity contribution in [3.05, 3.63) is 28.0 Å². The summed E-state index contributed by atoms with van der Waals surface area (Å²) in [6, 6.07) is 0. The van der Waals surface area contributed by atoms with Gasteiger partial charge in [-0.05, 0) is 20.3 Å². The van der Waals surface area contributed by atoms with Crippen LogP contribution in [0.5, 0.6) is 0 Å². The summed E-state index contributed by atoms with van der Waals surface area (Å²) >= 11 is 3.34. The van der Waals surface area contributed by atoms with Gasteiger partial charge in [-0.2, -0.15) is 5.10 Å². The third-order valence-corrected chi connectivity index (χ3v) is 2.87. The van der Waals surface area contributed by atoms with Gasteiger partial charge in [0.1, 0.15) is 0 Å². The minimum atomic E-state index is 0.790. The van der Waals surface area contributed by atoms with Gasteiger partial charge in [0.25, 0.3) is 0 Å². The molecule has 0 radical (unpaired) electrons. The van der Waals surface area contributed by atoms with Gasteiger partial charge >= 0.3 is 0 Å². The first-order chi connectivity index (χ1) is 7.56. The summed E-state index contributed by atoms with van der Waals surface area (Å²) in [4.78, 5) is 0. The monoisotopic (exact) mass is 285 g/mol. The number of rotatable bonds is 6. The van der Waals surface area contributed by atoms with Crippen molar-refractivity contribution in [2.75, 3.05) is 6.54 Å². The van der Waals surface area contributed by atoms with Gasteiger partial charge in [-0.1, -0.05) is 29.4 Å². The van der Waals surface area contributed by atoms with Crippen molar-refractivity contribution in [3.8, 4) is 0 Å². The number of nitrogens with zero attached hydrogens (tertiary/aromatic N) is 2. The van der Waals surface area contributed by atoms with Gasteiger partial charge in [-0.3, -0.25) is 4.68 Å². The Labute approximate surface area is 106 Å². The van der Waals surface area contributed by atoms with E-state index < -0.39 is 0 Å². The standard InChI is InChI=1S/C12H20BrN3/c1-5-6-16-11(4)12(10(3)15-16)8-14-7-9(2)13/h14H,2,5-8H2,1,3-4H3. The zero-order valence-corrected chi connectivity index (χ0v) is 11.9. The molecule has 16 heavy (non-hydrogen) atoms. The molecule has 0 amide bonds. The molecule has 0 aliphatic heterocycles. The third kappa shape index (κ3) is 3.46. The molecule has 1 N–H and O–H groups in total. The SMILES string of the molecule is C=C(Br)CNCc1c(C)nn(CCC)c1C. The maximum atomic E-state index is 4.54. The number of halogens is 1. The van der Waals surface area contributed by atoms with Crippen LogP contribution in [0.3, 0.4) is 0 Å². The largest absolute Gasteiger partial charge is 0.308 e. The molecule has 0 aliphatic carbocycles. The van der Waals surface area contributed by atoms with Crippen LogP contribution in [0.4, 0.5) is 0 Å². The highest BCUT2D eigenvalue weighted by molar-refractivity contribution is 9.11. The van der Waals surface area contributed by atoms with Gasteiger partial charge in [-0.25, -0.2) is 0 Å². The molecule has 0 saturated carbocycles. The van der Waals surface area contributed by atoms with E-state index in [9.17, 15) is 0 Å². The number of nitrogens with one attached hydrogen (secondary N) is 1. The Bertz CT molecular complexity index is 369. The Morgan fingerprint density at radius 1 is 1.50 bits per heavy atom. The fourth-order valence-electron chi connectivity index (χ4n) is 1.74. The maximum Gasteiger partial charge on any atom is 0.0641 e. The summed E-state index contributed by atoms with van der Waals surface area (Å²) in [5.74, 6) is 0. The molecule has 0 saturated heterocycles. The quantitative estimate of drug-likeness (QED) is 0.871. The Kier molecular flexibility index (Phi) is 5.22. The number of aromatic nitrogens is 2. The normalized spacial score (nSPS) is 10.8. The van der Waals surface area contributed by atoms with Crippen LogP contribution in [0, 0.1) is 13.8 Å². The number of aryl methyl sites for hydroxylation is 2. The molecule has 1 aromatic heterocycles. The first-order valence-corrected chi connectivity index (χ1v) is 6.42. The highest BCUT2D eigenvalue weighted by Crippen LogP contribution is 2.13. The van der Waals surface area contributed by atoms with Crippen LogP contribution in [0.2, 0.25) is 0 Å². The molecule has 0 bridgehead atoms. The molecule has 1 rings (SSSR count). The summed E-state index contributed by atoms with van der Waals surface area (Å²) in [5.41, 5.74) is 3.70. The van der Waals surface area contributed by atoms with Gasteiger partial charge in [-0.15, -0.1) is 0 Å². The molecule has 0 fully saturated rings. The molecule has 90 valence electrons. The van der Waals surface area contributed by atoms with Crippen molar-refractivity contribution in [2.24, 2.45) is 0 Å². The van der Waals surface area contributed by atoms with Crippen LogP contribution in [0.25, 0.3) is 0 Å². The molecule has 0 atom stereocenters. The van der Waals surface area contributed by atoms with Gasteiger partial charge in [0.2, 0.25) is 0 Å². The minimum Gasteiger partial charge on any atom is -0.308 e. The fraction of sp³-hybridized carbons (Fsp3) is 0.583. The Morgan fingerprint density at radius 3 is 2.75 bits per heavy atom. The van der Waals surface area contributed by atoms with Gasteiger partial charge in [0.15, 0.2) is 0 Å². The van der Waals surface area contributed by atoms with E-state index in [0.717, 1.165) is 36.2 Å². The number of hydrogen-bond acceptors (Lipinski definition) is 2. The molecule has 0 unspecified atom stereocenters. The highest BCUT2D eigenvalue weighted by Gasteiger charge is 2.10. The van der Waals surface area contributed by atoms with Crippen LogP contribution in [-0.4, -0.2) is 16.3 Å². The minimum absolute atomic E-state index is 0.790. The molecular formula is C12H20BrN3. The van der Waals surface area contributed by atoms with E-state index in [4.69, 9.17) is 0 Å². The highest BCUT2D eigenvalue weighted by atomic mass is 79.9. The average molecular weight is 286 g/mol. The Hall–Kier alpha value is -0.610. The third-order valence-electron chi connectivity index (χ3n) is 2.59. The molecule has 4 heteroatoms. The summed E-state index contributed by atoms with van der Waals surface area (Å²) in [7, 11) is 0. The molecular weight excluding hydrogens is 266 g/mol. The molecule has 0 spiro atoms. The predicted octanol–water partition coefficient (Wildman–Crippen LogP) is 2.91. The van der Waals surface area contributed by atoms with Crippen molar-refractivity contribution in [1.29, 1.82) is 0 Å². The van der Waals surface area contributed by atoms with Crippen molar-refractivity contribution in [1.82, 2.24) is 15.1 Å². The number of hydrogen-bond donors (Lipinski definition) is 1. The zero-order chi connectivity index (χ0) is 12.1. The topological polar surface area (TPSA) is 29.9 Å². The average Bonchev–Trinajstić information content (AvgIpc) is 2.45. The van der Waals surface area contributed by atoms with Crippen molar-refractivity contribution >= 4 is 15.9 Å². The summed E-state index contributed by atoms with van der Waals surface area (Å²) in [6.07, 6.45) is 1.12. The van der Waals surface area contributed by atoms with Gasteiger partial charge in [0, 0.05) is 35.4 Å². The first-order valence-electron chi connectivity index (χ1n) is 5.63. The predicted molar refractivity (Wildman–Crippen MR) is 71.8 cm³/mol. The van der Waals surface area contributed by atoms with E-state index in [-0.39, 0.29) is 0 Å². The summed E-state index contributed by atoms with van der Waals surface area (Å²) < 4.78 is 3.07. The van der Waals surface area contributed by atoms with Crippen molar-refractivity contribution < 1.29 is 0 Å². The van der Waals surface area contributed by atoms with Gasteiger partial charge < -0.3 is 5.32 Å². The second kappa shape index (κ2) is 6.21. The van der Waals surface area contributed by atoms with Crippen molar-refractivity contribution in [3.63, 3.8) is 0 Å². The lowest BCUT2D eigenvalue weighted by Crippen LogP contribution is -2.15. The van der Waals surface area contributed by atoms with E-state index in [1.165, 1.54) is 11.3 Å². The van der Waals surface area contributed by atoms with E-state index in [2.05, 4.69) is 58.4 Å². The van der Waals surface area contributed by atoms with Crippen molar-refractivity contribution in [2.45, 2.75) is 40.3 Å². The fourth-order valence-corrected chi connectivity index (χ4v) is 1.94. The van der Waals surface area contributed by atoms with Crippen LogP contribution in [0.15, 0.2) is 11.1 Å². The lowest BCUT2D eigenvalue weighted by molar-refractivity contribution is 0.582. The molecule has 0 aromatic carbocycles. The van der Waals surface area contributed by atoms with Crippen LogP contribution >= 0.6 is 15.9 Å². The van der Waals surface area contributed by atoms with Crippen LogP contribution in [-0.2, 0) is 13.1 Å². The lowest BCUT2D eigenvalue weighted by atomic mass is 10.2. The van der Waals surface area contributed by atoms with Gasteiger partial charge in [0.05, 0.1) is 5.69 Å². The second-order valence-corrected chi connectivity index (χ2v) is 5.11. The first kappa shape index (κ1) is 13.5. The van der Waals surface area contributed by atoms with Crippen LogP contribution < -0.4 is 5.32 Å². The lowest BCUT2D eigenvalue weighted by Gasteiger charge is -2.05. The van der Waals surface area contributed by atoms with Crippen LogP contribution in [0.1, 0.15) is 30.3 Å². The van der Waals surface area contributed by atoms with E-state index >= 15 is 0 Å². The summed E-state index contributed by atoms with van der Waals surface area (Å²) in [6.45, 7) is 12.8. The van der Waals surface area contributed by atoms with E-state index in [1.807, 2.05) is 0 Å². The maximum absolute atomic E-state index is 4.54. The van der Waals surface area contributed by atoms with E-state index in [1.54, 1.807) is 0 Å². The summed E-state index contributed by atoms with van der Waals surface area (Å²) in [5, 5.41) is 7.88. The molecule has 1 aromatic rings. The molecule has 1 heterocycles. The smallest absolute Gasteiger partial charge is 0.0641 e. The second-order valence-electron chi connectivity index (χ2n) is 3.99. The Morgan fingerprint density at radius 2 is 2.19 bits per heavy atom.